The second-order valence-electron chi connectivity index (χ2n) is 11.5. The molecule has 1 aliphatic heterocycles. The minimum Gasteiger partial charge on any atom is -0.363 e. The van der Waals surface area contributed by atoms with Crippen molar-refractivity contribution in [3.05, 3.63) is 120 Å². The molecule has 0 saturated carbocycles. The molecule has 0 unspecified atom stereocenters. The lowest BCUT2D eigenvalue weighted by molar-refractivity contribution is 0.949. The van der Waals surface area contributed by atoms with E-state index in [2.05, 4.69) is 129 Å². The van der Waals surface area contributed by atoms with Crippen LogP contribution < -0.4 is 26.6 Å². The van der Waals surface area contributed by atoms with E-state index in [-0.39, 0.29) is 0 Å². The number of nitrogens with zero attached hydrogens (tertiary/aromatic N) is 4. The number of nitrogens with one attached hydrogen (secondary N) is 4. The first-order chi connectivity index (χ1) is 23.1. The second-order valence-corrected chi connectivity index (χ2v) is 13.4. The van der Waals surface area contributed by atoms with Gasteiger partial charge in [0.15, 0.2) is 0 Å². The molecular formula is C37H36N8S2. The fraction of sp³-hybridized carbons (Fsp3) is 0.162. The van der Waals surface area contributed by atoms with Crippen LogP contribution in [-0.2, 0) is 0 Å². The predicted molar refractivity (Wildman–Crippen MR) is 200 cm³/mol. The van der Waals surface area contributed by atoms with E-state index in [9.17, 15) is 0 Å². The van der Waals surface area contributed by atoms with Gasteiger partial charge in [-0.3, -0.25) is 5.43 Å². The molecular weight excluding hydrogens is 621 g/mol. The van der Waals surface area contributed by atoms with Crippen LogP contribution in [0.3, 0.4) is 0 Å². The van der Waals surface area contributed by atoms with Crippen LogP contribution >= 0.6 is 22.7 Å². The minimum absolute atomic E-state index is 0.626. The number of aryl methyl sites for hydroxylation is 2. The molecule has 10 heteroatoms. The molecule has 236 valence electrons. The summed E-state index contributed by atoms with van der Waals surface area (Å²) in [5.41, 5.74) is 23.5. The highest BCUT2D eigenvalue weighted by atomic mass is 32.1. The van der Waals surface area contributed by atoms with Crippen molar-refractivity contribution in [3.63, 3.8) is 0 Å². The van der Waals surface area contributed by atoms with Crippen LogP contribution in [-0.4, -0.2) is 18.1 Å². The molecule has 47 heavy (non-hydrogen) atoms. The molecule has 0 radical (unpaired) electrons. The van der Waals surface area contributed by atoms with Gasteiger partial charge in [0, 0.05) is 24.0 Å². The molecule has 2 aromatic heterocycles. The molecule has 8 nitrogen and oxygen atoms in total. The van der Waals surface area contributed by atoms with Crippen LogP contribution in [0.4, 0.5) is 37.9 Å². The first kappa shape index (κ1) is 30.5. The number of hydrogen-bond acceptors (Lipinski definition) is 10. The molecule has 1 aliphatic rings. The maximum absolute atomic E-state index is 4.69. The summed E-state index contributed by atoms with van der Waals surface area (Å²) in [5.74, 6) is 0. The Balaban J connectivity index is 0.918. The van der Waals surface area contributed by atoms with E-state index in [1.54, 1.807) is 11.3 Å². The van der Waals surface area contributed by atoms with Gasteiger partial charge in [-0.2, -0.15) is 0 Å². The third-order valence-electron chi connectivity index (χ3n) is 8.13. The molecule has 4 aromatic carbocycles. The lowest BCUT2D eigenvalue weighted by Crippen LogP contribution is -2.15. The van der Waals surface area contributed by atoms with Crippen molar-refractivity contribution in [2.75, 3.05) is 39.7 Å². The van der Waals surface area contributed by atoms with Crippen LogP contribution in [0.1, 0.15) is 24.0 Å². The first-order valence-electron chi connectivity index (χ1n) is 15.7. The maximum atomic E-state index is 4.69. The summed E-state index contributed by atoms with van der Waals surface area (Å²) < 4.78 is 0. The SMILES string of the molecule is Cc1cc(NNc2ccc(NNc3ccc(N4CCCC4)s3)cc2C)ccc1N=Nc1nc(-c2ccc(-c3ccccc3)cc2)cs1. The summed E-state index contributed by atoms with van der Waals surface area (Å²) in [6.07, 6.45) is 2.57. The van der Waals surface area contributed by atoms with Crippen LogP contribution in [0.2, 0.25) is 0 Å². The smallest absolute Gasteiger partial charge is 0.230 e. The van der Waals surface area contributed by atoms with Crippen molar-refractivity contribution in [2.24, 2.45) is 10.2 Å². The monoisotopic (exact) mass is 656 g/mol. The summed E-state index contributed by atoms with van der Waals surface area (Å²) in [6, 6.07) is 35.4. The van der Waals surface area contributed by atoms with Crippen LogP contribution in [0.15, 0.2) is 119 Å². The molecule has 1 fully saturated rings. The normalized spacial score (nSPS) is 12.9. The molecule has 7 rings (SSSR count). The lowest BCUT2D eigenvalue weighted by Gasteiger charge is -2.15. The molecule has 0 aliphatic carbocycles. The largest absolute Gasteiger partial charge is 0.363 e. The summed E-state index contributed by atoms with van der Waals surface area (Å²) in [4.78, 5) is 7.15. The molecule has 0 atom stereocenters. The van der Waals surface area contributed by atoms with E-state index in [1.807, 2.05) is 30.5 Å². The number of anilines is 5. The molecule has 0 spiro atoms. The highest BCUT2D eigenvalue weighted by Gasteiger charge is 2.14. The number of hydrazine groups is 2. The van der Waals surface area contributed by atoms with E-state index < -0.39 is 0 Å². The van der Waals surface area contributed by atoms with Crippen LogP contribution in [0.25, 0.3) is 22.4 Å². The molecule has 0 amide bonds. The third kappa shape index (κ3) is 7.45. The average molecular weight is 657 g/mol. The topological polar surface area (TPSA) is 89.0 Å². The van der Waals surface area contributed by atoms with Gasteiger partial charge in [0.2, 0.25) is 5.13 Å². The van der Waals surface area contributed by atoms with Crippen molar-refractivity contribution < 1.29 is 0 Å². The van der Waals surface area contributed by atoms with E-state index >= 15 is 0 Å². The van der Waals surface area contributed by atoms with Gasteiger partial charge in [0.1, 0.15) is 5.00 Å². The van der Waals surface area contributed by atoms with Gasteiger partial charge in [0.05, 0.1) is 33.4 Å². The fourth-order valence-corrected chi connectivity index (χ4v) is 7.06. The minimum atomic E-state index is 0.626. The van der Waals surface area contributed by atoms with Gasteiger partial charge in [-0.25, -0.2) is 4.98 Å². The highest BCUT2D eigenvalue weighted by molar-refractivity contribution is 7.20. The molecule has 3 heterocycles. The van der Waals surface area contributed by atoms with Gasteiger partial charge >= 0.3 is 0 Å². The Morgan fingerprint density at radius 1 is 0.660 bits per heavy atom. The quantitative estimate of drug-likeness (QED) is 0.0820. The van der Waals surface area contributed by atoms with Gasteiger partial charge in [0.25, 0.3) is 0 Å². The van der Waals surface area contributed by atoms with Gasteiger partial charge in [-0.1, -0.05) is 65.9 Å². The van der Waals surface area contributed by atoms with Crippen molar-refractivity contribution in [1.82, 2.24) is 4.98 Å². The van der Waals surface area contributed by atoms with Crippen molar-refractivity contribution >= 4 is 60.6 Å². The number of hydrogen-bond donors (Lipinski definition) is 4. The van der Waals surface area contributed by atoms with Gasteiger partial charge in [-0.15, -0.1) is 21.6 Å². The summed E-state index contributed by atoms with van der Waals surface area (Å²) in [5, 5.41) is 14.0. The summed E-state index contributed by atoms with van der Waals surface area (Å²) in [7, 11) is 0. The summed E-state index contributed by atoms with van der Waals surface area (Å²) in [6.45, 7) is 6.43. The zero-order valence-electron chi connectivity index (χ0n) is 26.3. The first-order valence-corrected chi connectivity index (χ1v) is 17.4. The number of rotatable bonds is 11. The third-order valence-corrected chi connectivity index (χ3v) is 9.91. The molecule has 1 saturated heterocycles. The standard InChI is InChI=1S/C37H36N8S2/c1-25-23-31(40-43-35-18-19-36(47-35)45-20-6-7-21-45)15-16-32(25)41-39-30-14-17-33(26(2)22-30)42-44-37-38-34(24-46-37)29-12-10-28(11-13-29)27-8-4-3-5-9-27/h3-5,8-19,22-24,39-41,43H,6-7,20-21H2,1-2H3. The Morgan fingerprint density at radius 3 is 2.13 bits per heavy atom. The van der Waals surface area contributed by atoms with Crippen molar-refractivity contribution in [3.8, 4) is 22.4 Å². The van der Waals surface area contributed by atoms with E-state index in [0.29, 0.717) is 5.13 Å². The average Bonchev–Trinajstić information content (AvgIpc) is 3.90. The highest BCUT2D eigenvalue weighted by Crippen LogP contribution is 2.33. The zero-order chi connectivity index (χ0) is 32.0. The number of thiophene rings is 1. The zero-order valence-corrected chi connectivity index (χ0v) is 28.0. The number of thiazole rings is 1. The lowest BCUT2D eigenvalue weighted by atomic mass is 10.0. The second kappa shape index (κ2) is 14.1. The van der Waals surface area contributed by atoms with Gasteiger partial charge in [-0.05, 0) is 97.5 Å². The van der Waals surface area contributed by atoms with E-state index in [4.69, 9.17) is 4.98 Å². The predicted octanol–water partition coefficient (Wildman–Crippen LogP) is 11.0. The Bertz CT molecular complexity index is 1980. The maximum Gasteiger partial charge on any atom is 0.230 e. The van der Waals surface area contributed by atoms with E-state index in [0.717, 1.165) is 63.2 Å². The van der Waals surface area contributed by atoms with Gasteiger partial charge < -0.3 is 21.2 Å². The molecule has 4 N–H and O–H groups in total. The Morgan fingerprint density at radius 2 is 1.36 bits per heavy atom. The Kier molecular flexibility index (Phi) is 9.12. The Hall–Kier alpha value is -5.19. The Labute approximate surface area is 283 Å². The molecule has 6 aromatic rings. The number of azo groups is 1. The number of benzene rings is 4. The van der Waals surface area contributed by atoms with Crippen molar-refractivity contribution in [1.29, 1.82) is 0 Å². The van der Waals surface area contributed by atoms with Crippen LogP contribution in [0.5, 0.6) is 0 Å². The number of aromatic nitrogens is 1. The van der Waals surface area contributed by atoms with Crippen LogP contribution in [0, 0.1) is 13.8 Å². The van der Waals surface area contributed by atoms with Crippen molar-refractivity contribution in [2.45, 2.75) is 26.7 Å². The van der Waals surface area contributed by atoms with E-state index in [1.165, 1.54) is 40.3 Å². The fourth-order valence-electron chi connectivity index (χ4n) is 5.51. The summed E-state index contributed by atoms with van der Waals surface area (Å²) >= 11 is 3.27. The molecule has 0 bridgehead atoms.